The second-order valence-corrected chi connectivity index (χ2v) is 5.90. The maximum atomic E-state index is 12.2. The van der Waals surface area contributed by atoms with Gasteiger partial charge in [-0.1, -0.05) is 6.07 Å². The summed E-state index contributed by atoms with van der Waals surface area (Å²) >= 11 is 0. The second-order valence-electron chi connectivity index (χ2n) is 5.90. The summed E-state index contributed by atoms with van der Waals surface area (Å²) in [6.45, 7) is 3.54. The number of aromatic nitrogens is 4. The molecule has 3 aromatic rings. The van der Waals surface area contributed by atoms with Gasteiger partial charge in [0.15, 0.2) is 0 Å². The topological polar surface area (TPSA) is 81.9 Å². The van der Waals surface area contributed by atoms with Crippen LogP contribution in [0.3, 0.4) is 0 Å². The predicted molar refractivity (Wildman–Crippen MR) is 87.5 cm³/mol. The van der Waals surface area contributed by atoms with Crippen LogP contribution in [0, 0.1) is 6.92 Å². The second kappa shape index (κ2) is 6.01. The van der Waals surface area contributed by atoms with Crippen molar-refractivity contribution in [3.05, 3.63) is 53.9 Å². The SMILES string of the molecule is Cc1ccc2c(c1)nc1n2[C@@H](CNC(=O)c2cncnc2)COC1. The predicted octanol–water partition coefficient (Wildman–Crippen LogP) is 1.64. The number of benzene rings is 1. The number of hydrogen-bond donors (Lipinski definition) is 1. The molecule has 0 spiro atoms. The lowest BCUT2D eigenvalue weighted by Gasteiger charge is -2.26. The van der Waals surface area contributed by atoms with E-state index in [1.165, 1.54) is 24.3 Å². The number of nitrogens with one attached hydrogen (secondary N) is 1. The number of amides is 1. The maximum Gasteiger partial charge on any atom is 0.254 e. The highest BCUT2D eigenvalue weighted by Gasteiger charge is 2.24. The van der Waals surface area contributed by atoms with Crippen molar-refractivity contribution in [2.45, 2.75) is 19.6 Å². The third kappa shape index (κ3) is 2.63. The zero-order valence-electron chi connectivity index (χ0n) is 13.3. The van der Waals surface area contributed by atoms with E-state index in [1.807, 2.05) is 6.92 Å². The Hall–Kier alpha value is -2.80. The van der Waals surface area contributed by atoms with Crippen LogP contribution >= 0.6 is 0 Å². The summed E-state index contributed by atoms with van der Waals surface area (Å²) in [6, 6.07) is 6.23. The molecule has 0 unspecified atom stereocenters. The van der Waals surface area contributed by atoms with Gasteiger partial charge in [0.2, 0.25) is 0 Å². The van der Waals surface area contributed by atoms with Gasteiger partial charge in [0, 0.05) is 18.9 Å². The Morgan fingerprint density at radius 1 is 1.38 bits per heavy atom. The van der Waals surface area contributed by atoms with Crippen LogP contribution in [0.15, 0.2) is 36.9 Å². The van der Waals surface area contributed by atoms with Crippen LogP contribution in [-0.4, -0.2) is 38.6 Å². The van der Waals surface area contributed by atoms with Crippen LogP contribution in [0.25, 0.3) is 11.0 Å². The molecule has 2 aromatic heterocycles. The average Bonchev–Trinajstić information content (AvgIpc) is 2.98. The monoisotopic (exact) mass is 323 g/mol. The van der Waals surface area contributed by atoms with Crippen LogP contribution < -0.4 is 5.32 Å². The van der Waals surface area contributed by atoms with Gasteiger partial charge in [0.25, 0.3) is 5.91 Å². The molecular formula is C17H17N5O2. The van der Waals surface area contributed by atoms with Crippen LogP contribution in [0.2, 0.25) is 0 Å². The Kier molecular flexibility index (Phi) is 3.70. The number of ether oxygens (including phenoxy) is 1. The molecule has 24 heavy (non-hydrogen) atoms. The highest BCUT2D eigenvalue weighted by molar-refractivity contribution is 5.93. The molecule has 7 heteroatoms. The number of fused-ring (bicyclic) bond motifs is 3. The fourth-order valence-electron chi connectivity index (χ4n) is 3.01. The molecule has 4 rings (SSSR count). The number of rotatable bonds is 3. The van der Waals surface area contributed by atoms with E-state index in [2.05, 4.69) is 43.0 Å². The van der Waals surface area contributed by atoms with E-state index in [9.17, 15) is 4.79 Å². The van der Waals surface area contributed by atoms with Crippen LogP contribution in [0.5, 0.6) is 0 Å². The lowest BCUT2D eigenvalue weighted by atomic mass is 10.2. The zero-order valence-corrected chi connectivity index (χ0v) is 13.3. The summed E-state index contributed by atoms with van der Waals surface area (Å²) in [7, 11) is 0. The maximum absolute atomic E-state index is 12.2. The molecule has 1 atom stereocenters. The third-order valence-electron chi connectivity index (χ3n) is 4.15. The first-order chi connectivity index (χ1) is 11.7. The fraction of sp³-hybridized carbons (Fsp3) is 0.294. The van der Waals surface area contributed by atoms with Crippen molar-refractivity contribution in [3.63, 3.8) is 0 Å². The van der Waals surface area contributed by atoms with Gasteiger partial charge in [0.1, 0.15) is 18.8 Å². The fourth-order valence-corrected chi connectivity index (χ4v) is 3.01. The van der Waals surface area contributed by atoms with Gasteiger partial charge in [-0.25, -0.2) is 15.0 Å². The van der Waals surface area contributed by atoms with Gasteiger partial charge in [-0.3, -0.25) is 4.79 Å². The zero-order chi connectivity index (χ0) is 16.5. The van der Waals surface area contributed by atoms with Gasteiger partial charge < -0.3 is 14.6 Å². The third-order valence-corrected chi connectivity index (χ3v) is 4.15. The smallest absolute Gasteiger partial charge is 0.254 e. The van der Waals surface area contributed by atoms with Gasteiger partial charge in [-0.05, 0) is 24.6 Å². The molecule has 0 saturated heterocycles. The van der Waals surface area contributed by atoms with E-state index in [-0.39, 0.29) is 11.9 Å². The van der Waals surface area contributed by atoms with E-state index in [1.54, 1.807) is 0 Å². The Balaban J connectivity index is 1.58. The molecular weight excluding hydrogens is 306 g/mol. The number of aryl methyl sites for hydroxylation is 1. The molecule has 7 nitrogen and oxygen atoms in total. The number of imidazole rings is 1. The van der Waals surface area contributed by atoms with Crippen molar-refractivity contribution in [2.24, 2.45) is 0 Å². The van der Waals surface area contributed by atoms with E-state index in [4.69, 9.17) is 4.74 Å². The van der Waals surface area contributed by atoms with E-state index in [0.717, 1.165) is 16.9 Å². The molecule has 0 bridgehead atoms. The first-order valence-electron chi connectivity index (χ1n) is 7.81. The summed E-state index contributed by atoms with van der Waals surface area (Å²) in [5, 5.41) is 2.93. The first-order valence-corrected chi connectivity index (χ1v) is 7.81. The Labute approximate surface area is 138 Å². The molecule has 1 aromatic carbocycles. The average molecular weight is 323 g/mol. The van der Waals surface area contributed by atoms with Gasteiger partial charge in [-0.2, -0.15) is 0 Å². The van der Waals surface area contributed by atoms with Crippen molar-refractivity contribution in [2.75, 3.05) is 13.2 Å². The van der Waals surface area contributed by atoms with Gasteiger partial charge >= 0.3 is 0 Å². The number of carbonyl (C=O) groups excluding carboxylic acids is 1. The summed E-state index contributed by atoms with van der Waals surface area (Å²) in [6.07, 6.45) is 4.40. The van der Waals surface area contributed by atoms with Gasteiger partial charge in [0.05, 0.1) is 29.2 Å². The van der Waals surface area contributed by atoms with Gasteiger partial charge in [-0.15, -0.1) is 0 Å². The molecule has 3 heterocycles. The van der Waals surface area contributed by atoms with Crippen molar-refractivity contribution in [1.29, 1.82) is 0 Å². The molecule has 1 aliphatic rings. The molecule has 1 N–H and O–H groups in total. The van der Waals surface area contributed by atoms with Crippen LogP contribution in [-0.2, 0) is 11.3 Å². The van der Waals surface area contributed by atoms with Crippen molar-refractivity contribution >= 4 is 16.9 Å². The van der Waals surface area contributed by atoms with E-state index < -0.39 is 0 Å². The van der Waals surface area contributed by atoms with Crippen molar-refractivity contribution in [3.8, 4) is 0 Å². The highest BCUT2D eigenvalue weighted by Crippen LogP contribution is 2.26. The standard InChI is InChI=1S/C17H17N5O2/c1-11-2-3-15-14(4-11)21-16-9-24-8-13(22(15)16)7-20-17(23)12-5-18-10-19-6-12/h2-6,10,13H,7-9H2,1H3,(H,20,23)/t13-/m0/s1. The van der Waals surface area contributed by atoms with E-state index in [0.29, 0.717) is 25.3 Å². The molecule has 1 aliphatic heterocycles. The largest absolute Gasteiger partial charge is 0.371 e. The first kappa shape index (κ1) is 14.8. The molecule has 122 valence electrons. The summed E-state index contributed by atoms with van der Waals surface area (Å²) < 4.78 is 7.81. The number of hydrogen-bond acceptors (Lipinski definition) is 5. The van der Waals surface area contributed by atoms with Crippen molar-refractivity contribution in [1.82, 2.24) is 24.8 Å². The summed E-state index contributed by atoms with van der Waals surface area (Å²) in [4.78, 5) is 24.6. The molecule has 0 radical (unpaired) electrons. The minimum absolute atomic E-state index is 0.00929. The normalized spacial score (nSPS) is 16.8. The lowest BCUT2D eigenvalue weighted by molar-refractivity contribution is 0.0553. The molecule has 0 fully saturated rings. The summed E-state index contributed by atoms with van der Waals surface area (Å²) in [5.74, 6) is 0.701. The Morgan fingerprint density at radius 2 is 2.21 bits per heavy atom. The Bertz CT molecular complexity index is 891. The lowest BCUT2D eigenvalue weighted by Crippen LogP contribution is -2.35. The summed E-state index contributed by atoms with van der Waals surface area (Å²) in [5.41, 5.74) is 3.65. The minimum atomic E-state index is -0.192. The van der Waals surface area contributed by atoms with Crippen LogP contribution in [0.1, 0.15) is 27.8 Å². The Morgan fingerprint density at radius 3 is 3.04 bits per heavy atom. The highest BCUT2D eigenvalue weighted by atomic mass is 16.5. The van der Waals surface area contributed by atoms with E-state index >= 15 is 0 Å². The molecule has 0 aliphatic carbocycles. The van der Waals surface area contributed by atoms with Crippen LogP contribution in [0.4, 0.5) is 0 Å². The molecule has 1 amide bonds. The minimum Gasteiger partial charge on any atom is -0.371 e. The quantitative estimate of drug-likeness (QED) is 0.792. The number of carbonyl (C=O) groups is 1. The molecule has 0 saturated carbocycles. The number of nitrogens with zero attached hydrogens (tertiary/aromatic N) is 4. The van der Waals surface area contributed by atoms with Crippen molar-refractivity contribution < 1.29 is 9.53 Å².